The summed E-state index contributed by atoms with van der Waals surface area (Å²) in [6, 6.07) is 4.13. The number of halogens is 2. The summed E-state index contributed by atoms with van der Waals surface area (Å²) in [7, 11) is -2.73. The van der Waals surface area contributed by atoms with Crippen LogP contribution in [0.4, 0.5) is 8.78 Å². The third kappa shape index (κ3) is 5.38. The fourth-order valence-corrected chi connectivity index (χ4v) is 5.60. The van der Waals surface area contributed by atoms with Crippen molar-refractivity contribution >= 4 is 33.1 Å². The first-order valence-electron chi connectivity index (χ1n) is 11.1. The Morgan fingerprint density at radius 2 is 2.06 bits per heavy atom. The van der Waals surface area contributed by atoms with Gasteiger partial charge in [0.25, 0.3) is 0 Å². The molecule has 0 saturated carbocycles. The molecule has 0 radical (unpaired) electrons. The van der Waals surface area contributed by atoms with E-state index in [0.29, 0.717) is 12.0 Å². The Balaban J connectivity index is 1.92. The quantitative estimate of drug-likeness (QED) is 0.471. The maximum Gasteiger partial charge on any atom is 0.233 e. The van der Waals surface area contributed by atoms with Gasteiger partial charge in [-0.15, -0.1) is 5.92 Å². The lowest BCUT2D eigenvalue weighted by atomic mass is 9.91. The summed E-state index contributed by atoms with van der Waals surface area (Å²) in [6.07, 6.45) is 4.14. The van der Waals surface area contributed by atoms with Crippen LogP contribution in [0.1, 0.15) is 57.9 Å². The van der Waals surface area contributed by atoms with E-state index in [-0.39, 0.29) is 34.8 Å². The van der Waals surface area contributed by atoms with E-state index in [4.69, 9.17) is 10.5 Å². The van der Waals surface area contributed by atoms with Crippen LogP contribution in [0.3, 0.4) is 0 Å². The summed E-state index contributed by atoms with van der Waals surface area (Å²) >= 11 is 0. The van der Waals surface area contributed by atoms with Crippen molar-refractivity contribution in [3.05, 3.63) is 53.2 Å². The van der Waals surface area contributed by atoms with E-state index in [1.807, 2.05) is 6.92 Å². The molecule has 3 rings (SSSR count). The third-order valence-electron chi connectivity index (χ3n) is 6.10. The molecule has 1 unspecified atom stereocenters. The SMILES string of the molecule is C=S1(=O)C[C@@](C)(c2cc(/C=C(\F)c3cnc(O[C@H](C#CC)CC)cn3)ccc2F)N=C(N)C1(C)C. The number of nitrogens with two attached hydrogens (primary N) is 1. The van der Waals surface area contributed by atoms with Crippen molar-refractivity contribution in [3.8, 4) is 17.7 Å². The van der Waals surface area contributed by atoms with Crippen LogP contribution in [0.2, 0.25) is 0 Å². The molecule has 2 aromatic rings. The summed E-state index contributed by atoms with van der Waals surface area (Å²) in [4.78, 5) is 12.7. The van der Waals surface area contributed by atoms with Crippen LogP contribution in [-0.4, -0.2) is 42.5 Å². The lowest BCUT2D eigenvalue weighted by molar-refractivity contribution is 0.243. The maximum atomic E-state index is 15.0. The Morgan fingerprint density at radius 1 is 1.34 bits per heavy atom. The van der Waals surface area contributed by atoms with Gasteiger partial charge in [-0.1, -0.05) is 18.9 Å². The number of rotatable bonds is 6. The van der Waals surface area contributed by atoms with E-state index >= 15 is 0 Å². The fraction of sp³-hybridized carbons (Fsp3) is 0.385. The highest BCUT2D eigenvalue weighted by molar-refractivity contribution is 8.02. The molecule has 6 nitrogen and oxygen atoms in total. The topological polar surface area (TPSA) is 90.5 Å². The molecule has 1 aromatic heterocycles. The van der Waals surface area contributed by atoms with Crippen LogP contribution in [-0.2, 0) is 15.1 Å². The minimum atomic E-state index is -2.73. The van der Waals surface area contributed by atoms with Crippen LogP contribution in [0, 0.1) is 17.7 Å². The average Bonchev–Trinajstić information content (AvgIpc) is 2.79. The fourth-order valence-electron chi connectivity index (χ4n) is 3.68. The second-order valence-corrected chi connectivity index (χ2v) is 12.1. The largest absolute Gasteiger partial charge is 0.460 e. The highest BCUT2D eigenvalue weighted by Gasteiger charge is 2.45. The molecule has 3 atom stereocenters. The molecule has 0 amide bonds. The summed E-state index contributed by atoms with van der Waals surface area (Å²) in [6.45, 7) is 8.72. The lowest BCUT2D eigenvalue weighted by Crippen LogP contribution is -2.54. The molecule has 186 valence electrons. The second-order valence-electron chi connectivity index (χ2n) is 9.12. The van der Waals surface area contributed by atoms with Gasteiger partial charge in [-0.3, -0.25) is 9.20 Å². The van der Waals surface area contributed by atoms with Gasteiger partial charge >= 0.3 is 0 Å². The monoisotopic (exact) mass is 500 g/mol. The Bertz CT molecular complexity index is 1340. The number of hydrogen-bond donors (Lipinski definition) is 1. The molecule has 35 heavy (non-hydrogen) atoms. The molecule has 0 bridgehead atoms. The maximum absolute atomic E-state index is 15.0. The van der Waals surface area contributed by atoms with Crippen molar-refractivity contribution < 1.29 is 17.7 Å². The van der Waals surface area contributed by atoms with Crippen LogP contribution >= 0.6 is 0 Å². The van der Waals surface area contributed by atoms with Gasteiger partial charge in [-0.05, 0) is 73.3 Å². The molecule has 1 aromatic carbocycles. The molecular weight excluding hydrogens is 470 g/mol. The number of nitrogens with zero attached hydrogens (tertiary/aromatic N) is 3. The average molecular weight is 501 g/mol. The highest BCUT2D eigenvalue weighted by atomic mass is 32.2. The molecule has 0 saturated heterocycles. The molecule has 1 aliphatic heterocycles. The molecule has 2 heterocycles. The van der Waals surface area contributed by atoms with Gasteiger partial charge in [0.2, 0.25) is 5.88 Å². The minimum absolute atomic E-state index is 0.00785. The predicted molar refractivity (Wildman–Crippen MR) is 139 cm³/mol. The van der Waals surface area contributed by atoms with E-state index in [1.165, 1.54) is 36.7 Å². The van der Waals surface area contributed by atoms with E-state index < -0.39 is 31.5 Å². The molecular formula is C26H30F2N4O2S. The molecule has 1 aliphatic rings. The van der Waals surface area contributed by atoms with E-state index in [2.05, 4.69) is 32.7 Å². The van der Waals surface area contributed by atoms with Crippen LogP contribution in [0.25, 0.3) is 11.9 Å². The first-order chi connectivity index (χ1) is 16.3. The summed E-state index contributed by atoms with van der Waals surface area (Å²) in [5.74, 6) is 8.74. The number of ether oxygens (including phenoxy) is 1. The first kappa shape index (κ1) is 26.4. The van der Waals surface area contributed by atoms with Gasteiger partial charge in [-0.2, -0.15) is 0 Å². The van der Waals surface area contributed by atoms with Gasteiger partial charge in [-0.25, -0.2) is 18.7 Å². The number of amidine groups is 1. The van der Waals surface area contributed by atoms with E-state index in [9.17, 15) is 13.0 Å². The minimum Gasteiger partial charge on any atom is -0.460 e. The smallest absolute Gasteiger partial charge is 0.233 e. The molecule has 0 spiro atoms. The van der Waals surface area contributed by atoms with Crippen LogP contribution < -0.4 is 10.5 Å². The Labute approximate surface area is 205 Å². The van der Waals surface area contributed by atoms with Gasteiger partial charge < -0.3 is 10.5 Å². The van der Waals surface area contributed by atoms with E-state index in [1.54, 1.807) is 27.7 Å². The second kappa shape index (κ2) is 9.78. The third-order valence-corrected chi connectivity index (χ3v) is 9.20. The Morgan fingerprint density at radius 3 is 2.63 bits per heavy atom. The van der Waals surface area contributed by atoms with Crippen molar-refractivity contribution in [1.82, 2.24) is 9.97 Å². The number of benzene rings is 1. The zero-order valence-corrected chi connectivity index (χ0v) is 21.4. The van der Waals surface area contributed by atoms with Crippen molar-refractivity contribution in [2.24, 2.45) is 10.7 Å². The Kier molecular flexibility index (Phi) is 7.37. The zero-order valence-electron chi connectivity index (χ0n) is 20.6. The van der Waals surface area contributed by atoms with Crippen molar-refractivity contribution in [2.75, 3.05) is 5.75 Å². The lowest BCUT2D eigenvalue weighted by Gasteiger charge is -2.41. The predicted octanol–water partition coefficient (Wildman–Crippen LogP) is 4.35. The van der Waals surface area contributed by atoms with E-state index in [0.717, 1.165) is 0 Å². The summed E-state index contributed by atoms with van der Waals surface area (Å²) < 4.78 is 47.8. The van der Waals surface area contributed by atoms with Gasteiger partial charge in [0, 0.05) is 11.3 Å². The van der Waals surface area contributed by atoms with Gasteiger partial charge in [0.1, 0.15) is 17.3 Å². The van der Waals surface area contributed by atoms with Crippen LogP contribution in [0.5, 0.6) is 5.88 Å². The Hall–Kier alpha value is -3.25. The van der Waals surface area contributed by atoms with Crippen LogP contribution in [0.15, 0.2) is 35.6 Å². The molecule has 0 aliphatic carbocycles. The number of aromatic nitrogens is 2. The van der Waals surface area contributed by atoms with Crippen molar-refractivity contribution in [3.63, 3.8) is 0 Å². The summed E-state index contributed by atoms with van der Waals surface area (Å²) in [5, 5.41) is 0. The molecule has 0 fully saturated rings. The molecule has 2 N–H and O–H groups in total. The van der Waals surface area contributed by atoms with Gasteiger partial charge in [0.15, 0.2) is 11.9 Å². The van der Waals surface area contributed by atoms with Crippen molar-refractivity contribution in [1.29, 1.82) is 0 Å². The van der Waals surface area contributed by atoms with Crippen molar-refractivity contribution in [2.45, 2.75) is 57.4 Å². The summed E-state index contributed by atoms with van der Waals surface area (Å²) in [5.41, 5.74) is 5.43. The molecule has 9 heteroatoms. The number of aliphatic imine (C=N–C) groups is 1. The highest BCUT2D eigenvalue weighted by Crippen LogP contribution is 2.38. The van der Waals surface area contributed by atoms with Gasteiger partial charge in [0.05, 0.1) is 22.7 Å². The first-order valence-corrected chi connectivity index (χ1v) is 13.0. The zero-order chi connectivity index (χ0) is 26.0. The standard InChI is InChI=1S/C26H30F2N4O2S/c1-7-9-18(8-2)34-23-15-30-22(14-31-23)21(28)13-17-10-11-20(27)19(12-17)26(5)16-35(6,33)25(3,4)24(29)32-26/h10-15,18H,6,8,16H2,1-5H3,(H2,29,32)/b21-13-/t18-,26-,35?/m0/s1. The normalized spacial score (nSPS) is 24.7. The number of hydrogen-bond acceptors (Lipinski definition) is 6.